The largest absolute Gasteiger partial charge is 0.493 e. The molecule has 0 unspecified atom stereocenters. The summed E-state index contributed by atoms with van der Waals surface area (Å²) in [6, 6.07) is 14.8. The smallest absolute Gasteiger partial charge is 0.416 e. The van der Waals surface area contributed by atoms with Crippen LogP contribution in [0.5, 0.6) is 11.5 Å². The van der Waals surface area contributed by atoms with Crippen LogP contribution in [0.15, 0.2) is 60.7 Å². The van der Waals surface area contributed by atoms with Crippen molar-refractivity contribution in [3.05, 3.63) is 82.4 Å². The van der Waals surface area contributed by atoms with Crippen LogP contribution < -0.4 is 14.8 Å². The summed E-state index contributed by atoms with van der Waals surface area (Å²) in [4.78, 5) is 23.4. The second-order valence-corrected chi connectivity index (χ2v) is 8.85. The quantitative estimate of drug-likeness (QED) is 0.248. The maximum atomic E-state index is 13.5. The van der Waals surface area contributed by atoms with Gasteiger partial charge in [-0.25, -0.2) is 0 Å². The molecule has 0 aliphatic rings. The Morgan fingerprint density at radius 3 is 2.37 bits per heavy atom. The van der Waals surface area contributed by atoms with Crippen molar-refractivity contribution in [3.63, 3.8) is 0 Å². The molecule has 0 fully saturated rings. The summed E-state index contributed by atoms with van der Waals surface area (Å²) < 4.78 is 51.5. The third kappa shape index (κ3) is 8.49. The Hall–Kier alpha value is -3.56. The van der Waals surface area contributed by atoms with Crippen LogP contribution in [0.2, 0.25) is 5.02 Å². The summed E-state index contributed by atoms with van der Waals surface area (Å²) in [7, 11) is 0. The Morgan fingerprint density at radius 2 is 1.71 bits per heavy atom. The van der Waals surface area contributed by atoms with Gasteiger partial charge in [0, 0.05) is 30.1 Å². The molecule has 202 valence electrons. The van der Waals surface area contributed by atoms with Gasteiger partial charge in [-0.05, 0) is 72.1 Å². The molecule has 0 aliphatic carbocycles. The first-order valence-electron chi connectivity index (χ1n) is 11.9. The lowest BCUT2D eigenvalue weighted by Gasteiger charge is -2.18. The van der Waals surface area contributed by atoms with E-state index in [0.717, 1.165) is 12.1 Å². The van der Waals surface area contributed by atoms with E-state index in [1.165, 1.54) is 6.07 Å². The van der Waals surface area contributed by atoms with Crippen molar-refractivity contribution < 1.29 is 37.3 Å². The normalized spacial score (nSPS) is 11.3. The van der Waals surface area contributed by atoms with Crippen molar-refractivity contribution in [3.8, 4) is 22.6 Å². The van der Waals surface area contributed by atoms with Crippen LogP contribution in [0.4, 0.5) is 13.2 Å². The first-order chi connectivity index (χ1) is 18.1. The van der Waals surface area contributed by atoms with Crippen molar-refractivity contribution in [2.75, 3.05) is 19.8 Å². The highest BCUT2D eigenvalue weighted by Crippen LogP contribution is 2.37. The van der Waals surface area contributed by atoms with Crippen molar-refractivity contribution in [1.82, 2.24) is 5.32 Å². The van der Waals surface area contributed by atoms with E-state index >= 15 is 0 Å². The Balaban J connectivity index is 1.75. The lowest BCUT2D eigenvalue weighted by molar-refractivity contribution is -0.138. The molecule has 0 aliphatic heterocycles. The topological polar surface area (TPSA) is 84.9 Å². The van der Waals surface area contributed by atoms with E-state index < -0.39 is 17.7 Å². The Bertz CT molecular complexity index is 1260. The average molecular weight is 550 g/mol. The fourth-order valence-electron chi connectivity index (χ4n) is 3.75. The van der Waals surface area contributed by atoms with E-state index in [-0.39, 0.29) is 38.3 Å². The zero-order valence-corrected chi connectivity index (χ0v) is 21.4. The SMILES string of the molecule is CCOc1ccc(CC(=O)O)cc1-c1ccc(C(F)(F)F)cc1CNCCC(=O)COc1ccc(Cl)cc1. The van der Waals surface area contributed by atoms with Crippen molar-refractivity contribution in [2.24, 2.45) is 0 Å². The molecule has 3 rings (SSSR count). The zero-order valence-electron chi connectivity index (χ0n) is 20.6. The van der Waals surface area contributed by atoms with Crippen LogP contribution in [0, 0.1) is 0 Å². The third-order valence-corrected chi connectivity index (χ3v) is 5.78. The number of carbonyl (C=O) groups is 2. The fourth-order valence-corrected chi connectivity index (χ4v) is 3.88. The zero-order chi connectivity index (χ0) is 27.7. The number of ketones is 1. The first kappa shape index (κ1) is 29.0. The summed E-state index contributed by atoms with van der Waals surface area (Å²) in [6.45, 7) is 2.21. The summed E-state index contributed by atoms with van der Waals surface area (Å²) in [5.41, 5.74) is 0.964. The van der Waals surface area contributed by atoms with Gasteiger partial charge in [-0.3, -0.25) is 9.59 Å². The number of halogens is 4. The molecule has 0 bridgehead atoms. The van der Waals surface area contributed by atoms with Gasteiger partial charge in [0.2, 0.25) is 0 Å². The molecule has 10 heteroatoms. The standard InChI is InChI=1S/C28H27ClF3NO5/c1-2-37-26-10-3-18(14-27(35)36)13-25(26)24-9-4-20(28(30,31)32)15-19(24)16-33-12-11-22(34)17-38-23-7-5-21(29)6-8-23/h3-10,13,15,33H,2,11-12,14,16-17H2,1H3,(H,35,36). The van der Waals surface area contributed by atoms with Crippen LogP contribution in [0.25, 0.3) is 11.1 Å². The number of aliphatic carboxylic acids is 1. The summed E-state index contributed by atoms with van der Waals surface area (Å²) in [5, 5.41) is 12.8. The van der Waals surface area contributed by atoms with Crippen molar-refractivity contribution in [1.29, 1.82) is 0 Å². The molecule has 0 atom stereocenters. The number of nitrogens with one attached hydrogen (secondary N) is 1. The maximum absolute atomic E-state index is 13.5. The van der Waals surface area contributed by atoms with Crippen molar-refractivity contribution >= 4 is 23.4 Å². The number of carbonyl (C=O) groups excluding carboxylic acids is 1. The molecular weight excluding hydrogens is 523 g/mol. The molecule has 6 nitrogen and oxygen atoms in total. The van der Waals surface area contributed by atoms with Gasteiger partial charge >= 0.3 is 12.1 Å². The summed E-state index contributed by atoms with van der Waals surface area (Å²) in [6.07, 6.45) is -4.68. The van der Waals surface area contributed by atoms with Gasteiger partial charge in [0.05, 0.1) is 18.6 Å². The number of ether oxygens (including phenoxy) is 2. The Kier molecular flexibility index (Phi) is 10.2. The molecule has 0 spiro atoms. The van der Waals surface area contributed by atoms with E-state index in [9.17, 15) is 27.9 Å². The van der Waals surface area contributed by atoms with Gasteiger partial charge in [-0.2, -0.15) is 13.2 Å². The van der Waals surface area contributed by atoms with Crippen LogP contribution in [0.1, 0.15) is 30.0 Å². The molecule has 0 amide bonds. The third-order valence-electron chi connectivity index (χ3n) is 5.53. The maximum Gasteiger partial charge on any atom is 0.416 e. The number of hydrogen-bond donors (Lipinski definition) is 2. The fraction of sp³-hybridized carbons (Fsp3) is 0.286. The highest BCUT2D eigenvalue weighted by molar-refractivity contribution is 6.30. The summed E-state index contributed by atoms with van der Waals surface area (Å²) >= 11 is 5.82. The van der Waals surface area contributed by atoms with E-state index in [1.54, 1.807) is 49.4 Å². The lowest BCUT2D eigenvalue weighted by Crippen LogP contribution is -2.21. The number of hydrogen-bond acceptors (Lipinski definition) is 5. The lowest BCUT2D eigenvalue weighted by atomic mass is 9.94. The number of Topliss-reactive ketones (excluding diaryl/α,β-unsaturated/α-hetero) is 1. The second kappa shape index (κ2) is 13.3. The minimum Gasteiger partial charge on any atom is -0.493 e. The number of carboxylic acid groups (broad SMARTS) is 1. The van der Waals surface area contributed by atoms with E-state index in [2.05, 4.69) is 5.32 Å². The molecule has 0 radical (unpaired) electrons. The molecule has 3 aromatic carbocycles. The number of alkyl halides is 3. The number of benzene rings is 3. The number of carboxylic acids is 1. The highest BCUT2D eigenvalue weighted by Gasteiger charge is 2.31. The monoisotopic (exact) mass is 549 g/mol. The Morgan fingerprint density at radius 1 is 0.974 bits per heavy atom. The van der Waals surface area contributed by atoms with Crippen LogP contribution in [0.3, 0.4) is 0 Å². The predicted molar refractivity (Wildman–Crippen MR) is 138 cm³/mol. The van der Waals surface area contributed by atoms with Crippen molar-refractivity contribution in [2.45, 2.75) is 32.5 Å². The van der Waals surface area contributed by atoms with Crippen LogP contribution in [-0.4, -0.2) is 36.6 Å². The second-order valence-electron chi connectivity index (χ2n) is 8.41. The van der Waals surface area contributed by atoms with Gasteiger partial charge in [-0.1, -0.05) is 23.7 Å². The molecule has 0 saturated carbocycles. The minimum atomic E-state index is -4.55. The minimum absolute atomic E-state index is 0.0410. The molecule has 2 N–H and O–H groups in total. The molecule has 38 heavy (non-hydrogen) atoms. The van der Waals surface area contributed by atoms with E-state index in [1.807, 2.05) is 0 Å². The van der Waals surface area contributed by atoms with E-state index in [0.29, 0.717) is 45.4 Å². The summed E-state index contributed by atoms with van der Waals surface area (Å²) in [5.74, 6) is -0.285. The van der Waals surface area contributed by atoms with Gasteiger partial charge in [0.1, 0.15) is 18.1 Å². The van der Waals surface area contributed by atoms with Gasteiger partial charge in [-0.15, -0.1) is 0 Å². The highest BCUT2D eigenvalue weighted by atomic mass is 35.5. The predicted octanol–water partition coefficient (Wildman–Crippen LogP) is 6.18. The molecule has 0 saturated heterocycles. The Labute approximate surface area is 223 Å². The van der Waals surface area contributed by atoms with E-state index in [4.69, 9.17) is 21.1 Å². The van der Waals surface area contributed by atoms with Crippen LogP contribution in [-0.2, 0) is 28.7 Å². The van der Waals surface area contributed by atoms with Crippen LogP contribution >= 0.6 is 11.6 Å². The molecule has 0 aromatic heterocycles. The van der Waals surface area contributed by atoms with Gasteiger partial charge < -0.3 is 19.9 Å². The first-order valence-corrected chi connectivity index (χ1v) is 12.2. The van der Waals surface area contributed by atoms with Gasteiger partial charge in [0.25, 0.3) is 0 Å². The average Bonchev–Trinajstić information content (AvgIpc) is 2.86. The number of rotatable bonds is 13. The molecule has 3 aromatic rings. The van der Waals surface area contributed by atoms with Gasteiger partial charge in [0.15, 0.2) is 5.78 Å². The molecular formula is C28H27ClF3NO5. The molecule has 0 heterocycles.